The van der Waals surface area contributed by atoms with E-state index in [4.69, 9.17) is 16.3 Å². The van der Waals surface area contributed by atoms with E-state index in [1.165, 1.54) is 37.1 Å². The lowest BCUT2D eigenvalue weighted by Crippen LogP contribution is -2.28. The van der Waals surface area contributed by atoms with E-state index in [0.29, 0.717) is 28.6 Å². The fourth-order valence-corrected chi connectivity index (χ4v) is 5.45. The summed E-state index contributed by atoms with van der Waals surface area (Å²) in [6.07, 6.45) is 0.465. The summed E-state index contributed by atoms with van der Waals surface area (Å²) in [6.45, 7) is 1.92. The van der Waals surface area contributed by atoms with E-state index < -0.39 is 15.7 Å². The van der Waals surface area contributed by atoms with Crippen LogP contribution in [0.15, 0.2) is 46.2 Å². The van der Waals surface area contributed by atoms with Crippen LogP contribution in [-0.2, 0) is 19.4 Å². The molecule has 0 saturated carbocycles. The van der Waals surface area contributed by atoms with Crippen LogP contribution in [0.5, 0.6) is 5.75 Å². The minimum absolute atomic E-state index is 0.0670. The molecule has 0 aliphatic carbocycles. The van der Waals surface area contributed by atoms with Crippen molar-refractivity contribution in [3.8, 4) is 5.75 Å². The van der Waals surface area contributed by atoms with Crippen LogP contribution in [0.2, 0.25) is 5.02 Å². The van der Waals surface area contributed by atoms with Crippen molar-refractivity contribution in [2.24, 2.45) is 0 Å². The monoisotopic (exact) mass is 468 g/mol. The second kappa shape index (κ2) is 9.28. The van der Waals surface area contributed by atoms with Gasteiger partial charge < -0.3 is 15.4 Å². The number of halogens is 1. The number of benzene rings is 2. The van der Waals surface area contributed by atoms with Crippen LogP contribution in [0, 0.1) is 0 Å². The molecule has 1 atom stereocenters. The molecular formula is C20H21ClN2O5S2. The first kappa shape index (κ1) is 22.5. The lowest BCUT2D eigenvalue weighted by molar-refractivity contribution is -0.116. The Morgan fingerprint density at radius 2 is 2.03 bits per heavy atom. The zero-order chi connectivity index (χ0) is 21.9. The number of amides is 2. The zero-order valence-corrected chi connectivity index (χ0v) is 18.8. The molecule has 0 fully saturated rings. The number of thioether (sulfide) groups is 1. The number of nitrogens with one attached hydrogen (secondary N) is 2. The Morgan fingerprint density at radius 3 is 2.70 bits per heavy atom. The molecule has 0 aromatic heterocycles. The molecule has 1 aliphatic heterocycles. The zero-order valence-electron chi connectivity index (χ0n) is 16.4. The molecule has 10 heteroatoms. The Bertz CT molecular complexity index is 1090. The molecule has 0 unspecified atom stereocenters. The van der Waals surface area contributed by atoms with Gasteiger partial charge >= 0.3 is 0 Å². The Balaban J connectivity index is 1.65. The second-order valence-corrected chi connectivity index (χ2v) is 10.4. The van der Waals surface area contributed by atoms with Crippen molar-refractivity contribution in [3.05, 3.63) is 41.4 Å². The van der Waals surface area contributed by atoms with Crippen LogP contribution in [0.1, 0.15) is 19.8 Å². The lowest BCUT2D eigenvalue weighted by atomic mass is 10.2. The van der Waals surface area contributed by atoms with Crippen molar-refractivity contribution in [2.75, 3.05) is 23.5 Å². The Morgan fingerprint density at radius 1 is 1.27 bits per heavy atom. The van der Waals surface area contributed by atoms with Crippen LogP contribution in [0.25, 0.3) is 0 Å². The second-order valence-electron chi connectivity index (χ2n) is 6.63. The van der Waals surface area contributed by atoms with Gasteiger partial charge in [0, 0.05) is 17.0 Å². The summed E-state index contributed by atoms with van der Waals surface area (Å²) in [7, 11) is -2.22. The molecular weight excluding hydrogens is 448 g/mol. The Kier molecular flexibility index (Phi) is 6.95. The summed E-state index contributed by atoms with van der Waals surface area (Å²) >= 11 is 7.44. The molecule has 160 valence electrons. The smallest absolute Gasteiger partial charge is 0.237 e. The first-order valence-electron chi connectivity index (χ1n) is 9.21. The molecule has 2 amide bonds. The lowest BCUT2D eigenvalue weighted by Gasteiger charge is -2.23. The van der Waals surface area contributed by atoms with Gasteiger partial charge in [0.25, 0.3) is 0 Å². The van der Waals surface area contributed by atoms with Crippen LogP contribution < -0.4 is 15.4 Å². The van der Waals surface area contributed by atoms with Gasteiger partial charge in [0.2, 0.25) is 11.8 Å². The summed E-state index contributed by atoms with van der Waals surface area (Å²) in [6, 6.07) is 9.39. The summed E-state index contributed by atoms with van der Waals surface area (Å²) in [4.78, 5) is 25.1. The summed E-state index contributed by atoms with van der Waals surface area (Å²) < 4.78 is 30.4. The Labute approximate surface area is 184 Å². The molecule has 2 aromatic carbocycles. The summed E-state index contributed by atoms with van der Waals surface area (Å²) in [5, 5.41) is 5.53. The molecule has 3 rings (SSSR count). The van der Waals surface area contributed by atoms with Gasteiger partial charge in [-0.25, -0.2) is 8.42 Å². The number of fused-ring (bicyclic) bond motifs is 1. The van der Waals surface area contributed by atoms with E-state index >= 15 is 0 Å². The largest absolute Gasteiger partial charge is 0.495 e. The average molecular weight is 469 g/mol. The number of ether oxygens (including phenoxy) is 1. The molecule has 1 aliphatic rings. The number of anilines is 2. The third-order valence-electron chi connectivity index (χ3n) is 4.53. The number of carbonyl (C=O) groups excluding carboxylic acids is 2. The van der Waals surface area contributed by atoms with Gasteiger partial charge in [-0.1, -0.05) is 18.5 Å². The van der Waals surface area contributed by atoms with E-state index in [0.717, 1.165) is 4.90 Å². The van der Waals surface area contributed by atoms with Crippen molar-refractivity contribution in [1.82, 2.24) is 0 Å². The molecule has 30 heavy (non-hydrogen) atoms. The van der Waals surface area contributed by atoms with Crippen molar-refractivity contribution in [1.29, 1.82) is 0 Å². The number of sulfone groups is 1. The molecule has 2 aromatic rings. The highest BCUT2D eigenvalue weighted by atomic mass is 35.5. The van der Waals surface area contributed by atoms with Crippen molar-refractivity contribution in [3.63, 3.8) is 0 Å². The van der Waals surface area contributed by atoms with Gasteiger partial charge in [0.1, 0.15) is 5.75 Å². The number of methoxy groups -OCH3 is 1. The quantitative estimate of drug-likeness (QED) is 0.637. The third-order valence-corrected chi connectivity index (χ3v) is 7.98. The Hall–Kier alpha value is -2.23. The van der Waals surface area contributed by atoms with E-state index in [1.807, 2.05) is 6.92 Å². The minimum Gasteiger partial charge on any atom is -0.495 e. The molecule has 2 N–H and O–H groups in total. The molecule has 0 bridgehead atoms. The first-order valence-corrected chi connectivity index (χ1v) is 12.1. The number of hydrogen-bond acceptors (Lipinski definition) is 6. The van der Waals surface area contributed by atoms with Crippen molar-refractivity contribution < 1.29 is 22.7 Å². The van der Waals surface area contributed by atoms with Gasteiger partial charge in [-0.15, -0.1) is 11.8 Å². The minimum atomic E-state index is -3.70. The molecule has 0 radical (unpaired) electrons. The van der Waals surface area contributed by atoms with Crippen molar-refractivity contribution >= 4 is 56.4 Å². The van der Waals surface area contributed by atoms with Crippen LogP contribution in [0.4, 0.5) is 11.4 Å². The maximum absolute atomic E-state index is 12.7. The van der Waals surface area contributed by atoms with Gasteiger partial charge in [0.05, 0.1) is 33.7 Å². The number of carbonyl (C=O) groups is 2. The van der Waals surface area contributed by atoms with Gasteiger partial charge in [-0.05, 0) is 42.8 Å². The van der Waals surface area contributed by atoms with Gasteiger partial charge in [-0.2, -0.15) is 0 Å². The molecule has 0 saturated heterocycles. The van der Waals surface area contributed by atoms with E-state index in [9.17, 15) is 18.0 Å². The molecule has 7 nitrogen and oxygen atoms in total. The number of rotatable bonds is 7. The fourth-order valence-electron chi connectivity index (χ4n) is 2.90. The normalized spacial score (nSPS) is 15.8. The fraction of sp³-hybridized carbons (Fsp3) is 0.300. The van der Waals surface area contributed by atoms with E-state index in [2.05, 4.69) is 10.6 Å². The van der Waals surface area contributed by atoms with Crippen LogP contribution in [0.3, 0.4) is 0 Å². The maximum atomic E-state index is 12.7. The highest BCUT2D eigenvalue weighted by Crippen LogP contribution is 2.38. The highest BCUT2D eigenvalue weighted by molar-refractivity contribution is 8.01. The van der Waals surface area contributed by atoms with Gasteiger partial charge in [0.15, 0.2) is 9.84 Å². The van der Waals surface area contributed by atoms with E-state index in [1.54, 1.807) is 18.2 Å². The average Bonchev–Trinajstić information content (AvgIpc) is 2.71. The van der Waals surface area contributed by atoms with Crippen molar-refractivity contribution in [2.45, 2.75) is 34.8 Å². The first-order chi connectivity index (χ1) is 14.2. The third kappa shape index (κ3) is 5.08. The predicted molar refractivity (Wildman–Crippen MR) is 118 cm³/mol. The van der Waals surface area contributed by atoms with Crippen LogP contribution >= 0.6 is 23.4 Å². The standard InChI is InChI=1S/C20H21ClN2O5S2/c1-3-17-20(25)23-15-11-13(5-7-18(15)29-17)30(26,27)9-8-19(24)22-12-4-6-16(28-2)14(21)10-12/h4-7,10-11,17H,3,8-9H2,1-2H3,(H,22,24)(H,23,25)/t17-/m1/s1. The molecule has 0 spiro atoms. The molecule has 1 heterocycles. The van der Waals surface area contributed by atoms with Gasteiger partial charge in [-0.3, -0.25) is 9.59 Å². The number of hydrogen-bond donors (Lipinski definition) is 2. The summed E-state index contributed by atoms with van der Waals surface area (Å²) in [5.41, 5.74) is 0.926. The maximum Gasteiger partial charge on any atom is 0.237 e. The summed E-state index contributed by atoms with van der Waals surface area (Å²) in [5.74, 6) is -0.477. The highest BCUT2D eigenvalue weighted by Gasteiger charge is 2.27. The van der Waals surface area contributed by atoms with E-state index in [-0.39, 0.29) is 28.2 Å². The van der Waals surface area contributed by atoms with Crippen LogP contribution in [-0.4, -0.2) is 38.3 Å². The SMILES string of the molecule is CC[C@H]1Sc2ccc(S(=O)(=O)CCC(=O)Nc3ccc(OC)c(Cl)c3)cc2NC1=O. The predicted octanol–water partition coefficient (Wildman–Crippen LogP) is 3.97. The topological polar surface area (TPSA) is 102 Å².